The van der Waals surface area contributed by atoms with E-state index in [0.29, 0.717) is 37.8 Å². The van der Waals surface area contributed by atoms with Crippen molar-refractivity contribution in [2.24, 2.45) is 0 Å². The van der Waals surface area contributed by atoms with Gasteiger partial charge in [-0.2, -0.15) is 36.2 Å². The second-order valence-corrected chi connectivity index (χ2v) is 11.3. The number of hydrogen-bond acceptors (Lipinski definition) is 12. The lowest BCUT2D eigenvalue weighted by atomic mass is 10.1. The van der Waals surface area contributed by atoms with E-state index in [0.717, 1.165) is 6.07 Å². The molecule has 0 bridgehead atoms. The molecule has 0 aliphatic heterocycles. The van der Waals surface area contributed by atoms with E-state index in [9.17, 15) is 36.6 Å². The standard InChI is InChI=1S/2C10H15NO5S.C8H6O4/c2*1-3-15-11(16-4-2)9-6-5-7-10(8-9)17(12,13)14;9-7(10)5-2-1-3-6(4-5)8(11)12/h2*5-8H,3-4H2,1-2H3,(H,12,13,14);1-4H,(H,9,10)(H,11,12). The maximum absolute atomic E-state index is 11.0. The van der Waals surface area contributed by atoms with Crippen LogP contribution in [-0.2, 0) is 39.6 Å². The average molecular weight is 689 g/mol. The zero-order chi connectivity index (χ0) is 34.9. The SMILES string of the molecule is CCO[NH+](OCC)c1cccc(S(=O)(=O)O)c1.CCO[NH+](OCC)c1cccc(S(=O)(=O)O)c1.O=C([O-])c1cccc(C(=O)[O-])c1. The molecule has 0 amide bonds. The smallest absolute Gasteiger partial charge is 0.294 e. The molecular weight excluding hydrogens is 652 g/mol. The second-order valence-electron chi connectivity index (χ2n) is 8.47. The van der Waals surface area contributed by atoms with Gasteiger partial charge < -0.3 is 19.8 Å². The molecule has 0 radical (unpaired) electrons. The highest BCUT2D eigenvalue weighted by Crippen LogP contribution is 2.13. The van der Waals surface area contributed by atoms with Gasteiger partial charge in [0.1, 0.15) is 36.2 Å². The van der Waals surface area contributed by atoms with Gasteiger partial charge >= 0.3 is 0 Å². The Morgan fingerprint density at radius 1 is 0.587 bits per heavy atom. The number of carboxylic acid groups (broad SMARTS) is 2. The fourth-order valence-corrected chi connectivity index (χ4v) is 4.33. The maximum Gasteiger partial charge on any atom is 0.294 e. The molecule has 0 atom stereocenters. The quantitative estimate of drug-likeness (QED) is 0.119. The Kier molecular flexibility index (Phi) is 17.2. The Bertz CT molecular complexity index is 1500. The predicted octanol–water partition coefficient (Wildman–Crippen LogP) is -0.881. The molecular formula is C28H36N2O14S2. The van der Waals surface area contributed by atoms with E-state index in [1.807, 2.05) is 0 Å². The molecule has 4 N–H and O–H groups in total. The Balaban J connectivity index is 0.000000351. The lowest BCUT2D eigenvalue weighted by Gasteiger charge is -2.13. The van der Waals surface area contributed by atoms with Crippen molar-refractivity contribution in [1.29, 1.82) is 0 Å². The van der Waals surface area contributed by atoms with Crippen LogP contribution in [0.4, 0.5) is 11.4 Å². The van der Waals surface area contributed by atoms with Crippen LogP contribution in [0.15, 0.2) is 82.6 Å². The molecule has 0 saturated carbocycles. The van der Waals surface area contributed by atoms with Crippen LogP contribution in [0.1, 0.15) is 48.4 Å². The van der Waals surface area contributed by atoms with Crippen LogP contribution < -0.4 is 20.7 Å². The van der Waals surface area contributed by atoms with Crippen LogP contribution in [0, 0.1) is 0 Å². The molecule has 0 aliphatic rings. The van der Waals surface area contributed by atoms with E-state index in [1.165, 1.54) is 54.6 Å². The van der Waals surface area contributed by atoms with Crippen molar-refractivity contribution < 1.29 is 75.5 Å². The van der Waals surface area contributed by atoms with E-state index < -0.39 is 32.2 Å². The van der Waals surface area contributed by atoms with Crippen molar-refractivity contribution in [2.45, 2.75) is 37.5 Å². The molecule has 3 rings (SSSR count). The van der Waals surface area contributed by atoms with E-state index in [-0.39, 0.29) is 31.4 Å². The first kappa shape index (κ1) is 40.2. The minimum absolute atomic E-state index is 0.170. The Morgan fingerprint density at radius 2 is 0.891 bits per heavy atom. The summed E-state index contributed by atoms with van der Waals surface area (Å²) in [6, 6.07) is 16.3. The molecule has 3 aromatic carbocycles. The van der Waals surface area contributed by atoms with Crippen molar-refractivity contribution in [2.75, 3.05) is 26.4 Å². The van der Waals surface area contributed by atoms with Gasteiger partial charge in [0.15, 0.2) is 11.4 Å². The number of hydrogen-bond donors (Lipinski definition) is 4. The molecule has 46 heavy (non-hydrogen) atoms. The van der Waals surface area contributed by atoms with Gasteiger partial charge in [-0.05, 0) is 67.5 Å². The Morgan fingerprint density at radius 3 is 1.15 bits per heavy atom. The topological polar surface area (TPSA) is 235 Å². The molecule has 0 saturated heterocycles. The minimum atomic E-state index is -4.21. The monoisotopic (exact) mass is 688 g/mol. The van der Waals surface area contributed by atoms with Crippen LogP contribution in [-0.4, -0.2) is 64.3 Å². The Hall–Kier alpha value is -3.82. The summed E-state index contributed by atoms with van der Waals surface area (Å²) >= 11 is 0. The zero-order valence-corrected chi connectivity index (χ0v) is 27.0. The number of rotatable bonds is 14. The normalized spacial score (nSPS) is 11.3. The highest BCUT2D eigenvalue weighted by molar-refractivity contribution is 7.86. The van der Waals surface area contributed by atoms with Gasteiger partial charge in [0.2, 0.25) is 0 Å². The fourth-order valence-electron chi connectivity index (χ4n) is 3.28. The summed E-state index contributed by atoms with van der Waals surface area (Å²) in [5.41, 5.74) is 0.612. The van der Waals surface area contributed by atoms with E-state index >= 15 is 0 Å². The number of quaternary nitrogens is 2. The van der Waals surface area contributed by atoms with Crippen molar-refractivity contribution in [3.05, 3.63) is 83.9 Å². The van der Waals surface area contributed by atoms with Crippen molar-refractivity contribution in [1.82, 2.24) is 0 Å². The van der Waals surface area contributed by atoms with Gasteiger partial charge in [0.05, 0.1) is 11.9 Å². The van der Waals surface area contributed by atoms with E-state index in [4.69, 9.17) is 28.5 Å². The Labute approximate surface area is 266 Å². The first-order chi connectivity index (χ1) is 21.6. The third-order valence-corrected chi connectivity index (χ3v) is 6.87. The highest BCUT2D eigenvalue weighted by atomic mass is 32.2. The van der Waals surface area contributed by atoms with Gasteiger partial charge in [0.25, 0.3) is 20.2 Å². The average Bonchev–Trinajstić information content (AvgIpc) is 3.01. The van der Waals surface area contributed by atoms with Gasteiger partial charge in [-0.1, -0.05) is 30.3 Å². The molecule has 0 fully saturated rings. The first-order valence-electron chi connectivity index (χ1n) is 13.5. The summed E-state index contributed by atoms with van der Waals surface area (Å²) in [6.45, 7) is 8.82. The van der Waals surface area contributed by atoms with Crippen LogP contribution >= 0.6 is 0 Å². The molecule has 0 unspecified atom stereocenters. The van der Waals surface area contributed by atoms with E-state index in [2.05, 4.69) is 0 Å². The van der Waals surface area contributed by atoms with Gasteiger partial charge in [-0.15, -0.1) is 0 Å². The number of aromatic carboxylic acids is 2. The number of carbonyl (C=O) groups excluding carboxylic acids is 2. The molecule has 254 valence electrons. The molecule has 0 heterocycles. The highest BCUT2D eigenvalue weighted by Gasteiger charge is 2.19. The van der Waals surface area contributed by atoms with Crippen LogP contribution in [0.2, 0.25) is 0 Å². The van der Waals surface area contributed by atoms with Crippen LogP contribution in [0.25, 0.3) is 0 Å². The van der Waals surface area contributed by atoms with Crippen molar-refractivity contribution in [3.8, 4) is 0 Å². The number of benzene rings is 3. The number of carbonyl (C=O) groups is 2. The van der Waals surface area contributed by atoms with Crippen LogP contribution in [0.3, 0.4) is 0 Å². The second kappa shape index (κ2) is 19.6. The summed E-state index contributed by atoms with van der Waals surface area (Å²) in [4.78, 5) is 41.1. The van der Waals surface area contributed by atoms with Crippen LogP contribution in [0.5, 0.6) is 0 Å². The summed E-state index contributed by atoms with van der Waals surface area (Å²) < 4.78 is 61.8. The zero-order valence-electron chi connectivity index (χ0n) is 25.4. The minimum Gasteiger partial charge on any atom is -0.545 e. The summed E-state index contributed by atoms with van der Waals surface area (Å²) in [5, 5.41) is 21.0. The summed E-state index contributed by atoms with van der Waals surface area (Å²) in [7, 11) is -8.43. The number of carboxylic acids is 2. The third kappa shape index (κ3) is 14.1. The van der Waals surface area contributed by atoms with Gasteiger partial charge in [-0.25, -0.2) is 0 Å². The molecule has 18 heteroatoms. The molecule has 0 aliphatic carbocycles. The summed E-state index contributed by atoms with van der Waals surface area (Å²) in [5.74, 6) is -2.81. The van der Waals surface area contributed by atoms with Crippen molar-refractivity contribution in [3.63, 3.8) is 0 Å². The molecule has 16 nitrogen and oxygen atoms in total. The molecule has 0 aromatic heterocycles. The fraction of sp³-hybridized carbons (Fsp3) is 0.286. The first-order valence-corrected chi connectivity index (χ1v) is 16.4. The largest absolute Gasteiger partial charge is 0.545 e. The lowest BCUT2D eigenvalue weighted by molar-refractivity contribution is -1.20. The lowest BCUT2D eigenvalue weighted by Crippen LogP contribution is -3.05. The summed E-state index contributed by atoms with van der Waals surface area (Å²) in [6.07, 6.45) is 0. The molecule has 0 spiro atoms. The molecule has 3 aromatic rings. The predicted molar refractivity (Wildman–Crippen MR) is 155 cm³/mol. The van der Waals surface area contributed by atoms with E-state index in [1.54, 1.807) is 39.8 Å². The number of nitrogens with one attached hydrogen (secondary N) is 2. The maximum atomic E-state index is 11.0. The third-order valence-electron chi connectivity index (χ3n) is 5.17. The van der Waals surface area contributed by atoms with Gasteiger partial charge in [-0.3, -0.25) is 9.11 Å². The van der Waals surface area contributed by atoms with Gasteiger partial charge in [0, 0.05) is 24.3 Å². The van der Waals surface area contributed by atoms with Crippen molar-refractivity contribution >= 4 is 43.5 Å².